The number of carbonyl (C=O) groups excluding carboxylic acids is 1. The maximum absolute atomic E-state index is 11.4. The molecule has 4 nitrogen and oxygen atoms in total. The molecule has 0 aliphatic heterocycles. The monoisotopic (exact) mass is 374 g/mol. The highest BCUT2D eigenvalue weighted by Crippen LogP contribution is 2.47. The summed E-state index contributed by atoms with van der Waals surface area (Å²) in [6.45, 7) is 0. The number of imidazole rings is 1. The number of rotatable bonds is 5. The molecular formula is C24H26N2O2. The number of aliphatic hydroxyl groups is 1. The van der Waals surface area contributed by atoms with E-state index in [1.165, 1.54) is 24.0 Å². The number of aliphatic hydroxyl groups excluding tert-OH is 1. The van der Waals surface area contributed by atoms with E-state index >= 15 is 0 Å². The number of hydrogen-bond donors (Lipinski definition) is 1. The Morgan fingerprint density at radius 3 is 2.36 bits per heavy atom. The Kier molecular flexibility index (Phi) is 4.52. The minimum absolute atomic E-state index is 0.288. The summed E-state index contributed by atoms with van der Waals surface area (Å²) in [5, 5.41) is 11.4. The molecule has 2 aromatic heterocycles. The Morgan fingerprint density at radius 2 is 1.68 bits per heavy atom. The van der Waals surface area contributed by atoms with Crippen LogP contribution in [-0.4, -0.2) is 20.8 Å². The van der Waals surface area contributed by atoms with Crippen LogP contribution in [0, 0.1) is 5.92 Å². The van der Waals surface area contributed by atoms with E-state index in [9.17, 15) is 9.90 Å². The third kappa shape index (κ3) is 3.16. The maximum atomic E-state index is 11.4. The molecular weight excluding hydrogens is 348 g/mol. The van der Waals surface area contributed by atoms with Crippen LogP contribution in [0.1, 0.15) is 83.6 Å². The van der Waals surface area contributed by atoms with Gasteiger partial charge in [0.2, 0.25) is 0 Å². The molecule has 0 spiro atoms. The van der Waals surface area contributed by atoms with E-state index in [0.29, 0.717) is 11.8 Å². The Hall–Kier alpha value is -2.46. The Balaban J connectivity index is 1.35. The molecule has 28 heavy (non-hydrogen) atoms. The van der Waals surface area contributed by atoms with Gasteiger partial charge in [-0.25, -0.2) is 4.98 Å². The van der Waals surface area contributed by atoms with Gasteiger partial charge in [0.15, 0.2) is 0 Å². The van der Waals surface area contributed by atoms with Gasteiger partial charge in [0.1, 0.15) is 6.29 Å². The smallest absolute Gasteiger partial charge is 0.150 e. The van der Waals surface area contributed by atoms with Crippen LogP contribution in [-0.2, 0) is 0 Å². The summed E-state index contributed by atoms with van der Waals surface area (Å²) in [6.07, 6.45) is 10.8. The van der Waals surface area contributed by atoms with Crippen molar-refractivity contribution >= 4 is 11.8 Å². The molecule has 2 saturated carbocycles. The SMILES string of the molecule is O=Cc1ccc(C2CCC(C(O)c3c(C4CC4)ccc4cncn34)CC2)cc1. The second-order valence-corrected chi connectivity index (χ2v) is 8.48. The Labute approximate surface area is 165 Å². The first-order valence-corrected chi connectivity index (χ1v) is 10.4. The highest BCUT2D eigenvalue weighted by atomic mass is 16.3. The average Bonchev–Trinajstić information content (AvgIpc) is 3.49. The van der Waals surface area contributed by atoms with E-state index in [0.717, 1.165) is 48.7 Å². The molecule has 5 rings (SSSR count). The van der Waals surface area contributed by atoms with Gasteiger partial charge < -0.3 is 9.51 Å². The van der Waals surface area contributed by atoms with Crippen LogP contribution in [0.15, 0.2) is 48.9 Å². The van der Waals surface area contributed by atoms with Crippen molar-refractivity contribution in [2.45, 2.75) is 56.5 Å². The van der Waals surface area contributed by atoms with Gasteiger partial charge in [-0.3, -0.25) is 4.79 Å². The summed E-state index contributed by atoms with van der Waals surface area (Å²) in [4.78, 5) is 15.2. The van der Waals surface area contributed by atoms with Crippen LogP contribution in [0.25, 0.3) is 5.52 Å². The predicted molar refractivity (Wildman–Crippen MR) is 109 cm³/mol. The average molecular weight is 374 g/mol. The summed E-state index contributed by atoms with van der Waals surface area (Å²) in [7, 11) is 0. The van der Waals surface area contributed by atoms with Crippen molar-refractivity contribution in [1.82, 2.24) is 9.38 Å². The van der Waals surface area contributed by atoms with Crippen molar-refractivity contribution in [3.05, 3.63) is 71.3 Å². The molecule has 0 saturated heterocycles. The minimum atomic E-state index is -0.438. The molecule has 0 radical (unpaired) electrons. The molecule has 2 aliphatic rings. The first kappa shape index (κ1) is 17.6. The van der Waals surface area contributed by atoms with E-state index in [-0.39, 0.29) is 5.92 Å². The van der Waals surface area contributed by atoms with Gasteiger partial charge in [0.05, 0.1) is 29.8 Å². The van der Waals surface area contributed by atoms with Crippen LogP contribution in [0.2, 0.25) is 0 Å². The van der Waals surface area contributed by atoms with Crippen molar-refractivity contribution in [2.24, 2.45) is 5.92 Å². The zero-order valence-corrected chi connectivity index (χ0v) is 16.0. The van der Waals surface area contributed by atoms with E-state index < -0.39 is 6.10 Å². The lowest BCUT2D eigenvalue weighted by Crippen LogP contribution is -2.22. The minimum Gasteiger partial charge on any atom is -0.387 e. The molecule has 1 atom stereocenters. The first-order valence-electron chi connectivity index (χ1n) is 10.4. The summed E-state index contributed by atoms with van der Waals surface area (Å²) >= 11 is 0. The number of nitrogens with zero attached hydrogens (tertiary/aromatic N) is 2. The van der Waals surface area contributed by atoms with Crippen LogP contribution in [0.5, 0.6) is 0 Å². The molecule has 1 aromatic carbocycles. The van der Waals surface area contributed by atoms with E-state index in [2.05, 4.69) is 33.7 Å². The lowest BCUT2D eigenvalue weighted by Gasteiger charge is -2.33. The summed E-state index contributed by atoms with van der Waals surface area (Å²) in [5.74, 6) is 1.41. The van der Waals surface area contributed by atoms with E-state index in [1.807, 2.05) is 24.7 Å². The molecule has 2 fully saturated rings. The fourth-order valence-corrected chi connectivity index (χ4v) is 4.92. The Morgan fingerprint density at radius 1 is 0.964 bits per heavy atom. The number of carbonyl (C=O) groups is 1. The third-order valence-electron chi connectivity index (χ3n) is 6.72. The number of pyridine rings is 1. The highest BCUT2D eigenvalue weighted by Gasteiger charge is 2.34. The molecule has 2 aliphatic carbocycles. The number of aldehydes is 1. The normalized spacial score (nSPS) is 23.6. The lowest BCUT2D eigenvalue weighted by molar-refractivity contribution is 0.0754. The summed E-state index contributed by atoms with van der Waals surface area (Å²) < 4.78 is 2.10. The third-order valence-corrected chi connectivity index (χ3v) is 6.72. The zero-order chi connectivity index (χ0) is 19.1. The maximum Gasteiger partial charge on any atom is 0.150 e. The number of aromatic nitrogens is 2. The predicted octanol–water partition coefficient (Wildman–Crippen LogP) is 5.03. The first-order chi connectivity index (χ1) is 13.7. The highest BCUT2D eigenvalue weighted by molar-refractivity contribution is 5.74. The van der Waals surface area contributed by atoms with Crippen LogP contribution >= 0.6 is 0 Å². The molecule has 1 N–H and O–H groups in total. The van der Waals surface area contributed by atoms with Gasteiger partial charge in [0.25, 0.3) is 0 Å². The second kappa shape index (κ2) is 7.17. The van der Waals surface area contributed by atoms with Gasteiger partial charge >= 0.3 is 0 Å². The summed E-state index contributed by atoms with van der Waals surface area (Å²) in [5.41, 5.74) is 5.48. The molecule has 3 aromatic rings. The molecule has 144 valence electrons. The quantitative estimate of drug-likeness (QED) is 0.637. The van der Waals surface area contributed by atoms with E-state index in [1.54, 1.807) is 0 Å². The number of fused-ring (bicyclic) bond motifs is 1. The van der Waals surface area contributed by atoms with Crippen molar-refractivity contribution < 1.29 is 9.90 Å². The van der Waals surface area contributed by atoms with Crippen LogP contribution in [0.4, 0.5) is 0 Å². The molecule has 1 unspecified atom stereocenters. The molecule has 2 heterocycles. The van der Waals surface area contributed by atoms with Crippen molar-refractivity contribution in [3.8, 4) is 0 Å². The summed E-state index contributed by atoms with van der Waals surface area (Å²) in [6, 6.07) is 12.3. The van der Waals surface area contributed by atoms with E-state index in [4.69, 9.17) is 0 Å². The molecule has 0 amide bonds. The zero-order valence-electron chi connectivity index (χ0n) is 16.0. The fourth-order valence-electron chi connectivity index (χ4n) is 4.92. The molecule has 4 heteroatoms. The topological polar surface area (TPSA) is 54.6 Å². The standard InChI is InChI=1S/C24H26N2O2/c27-14-16-1-3-17(4-2-16)18-5-9-20(10-6-18)24(28)23-22(19-7-8-19)12-11-21-13-25-15-26(21)23/h1-4,11-15,18-20,24,28H,5-10H2. The Bertz CT molecular complexity index is 980. The van der Waals surface area contributed by atoms with Gasteiger partial charge in [-0.1, -0.05) is 30.3 Å². The van der Waals surface area contributed by atoms with Crippen LogP contribution in [0.3, 0.4) is 0 Å². The largest absolute Gasteiger partial charge is 0.387 e. The fraction of sp³-hybridized carbons (Fsp3) is 0.417. The van der Waals surface area contributed by atoms with Crippen LogP contribution < -0.4 is 0 Å². The van der Waals surface area contributed by atoms with Gasteiger partial charge in [-0.05, 0) is 73.5 Å². The van der Waals surface area contributed by atoms with Crippen molar-refractivity contribution in [3.63, 3.8) is 0 Å². The van der Waals surface area contributed by atoms with Gasteiger partial charge in [-0.2, -0.15) is 0 Å². The molecule has 0 bridgehead atoms. The van der Waals surface area contributed by atoms with Crippen molar-refractivity contribution in [1.29, 1.82) is 0 Å². The number of hydrogen-bond acceptors (Lipinski definition) is 3. The lowest BCUT2D eigenvalue weighted by atomic mass is 9.75. The van der Waals surface area contributed by atoms with Crippen molar-refractivity contribution in [2.75, 3.05) is 0 Å². The second-order valence-electron chi connectivity index (χ2n) is 8.48. The number of benzene rings is 1. The van der Waals surface area contributed by atoms with Gasteiger partial charge in [-0.15, -0.1) is 0 Å². The van der Waals surface area contributed by atoms with Gasteiger partial charge in [0, 0.05) is 5.56 Å².